The Kier molecular flexibility index (Phi) is 7.84. The second-order valence-corrected chi connectivity index (χ2v) is 6.38. The van der Waals surface area contributed by atoms with E-state index < -0.39 is 0 Å². The Balaban J connectivity index is 2.45. The van der Waals surface area contributed by atoms with E-state index in [9.17, 15) is 4.79 Å². The van der Waals surface area contributed by atoms with Crippen molar-refractivity contribution in [3.8, 4) is 0 Å². The Morgan fingerprint density at radius 3 is 2.42 bits per heavy atom. The van der Waals surface area contributed by atoms with E-state index in [0.29, 0.717) is 18.4 Å². The number of esters is 1. The Morgan fingerprint density at radius 2 is 1.89 bits per heavy atom. The molecule has 3 nitrogen and oxygen atoms in total. The fourth-order valence-electron chi connectivity index (χ4n) is 2.98. The third-order valence-electron chi connectivity index (χ3n) is 4.10. The Morgan fingerprint density at radius 1 is 1.21 bits per heavy atom. The molecule has 0 N–H and O–H groups in total. The van der Waals surface area contributed by atoms with Gasteiger partial charge < -0.3 is 4.74 Å². The van der Waals surface area contributed by atoms with Crippen molar-refractivity contribution in [2.24, 2.45) is 17.8 Å². The van der Waals surface area contributed by atoms with Crippen LogP contribution in [0.15, 0.2) is 0 Å². The van der Waals surface area contributed by atoms with Gasteiger partial charge in [-0.25, -0.2) is 0 Å². The van der Waals surface area contributed by atoms with Crippen LogP contribution in [0, 0.1) is 17.8 Å². The Hall–Kier alpha value is -0.220. The van der Waals surface area contributed by atoms with Gasteiger partial charge >= 0.3 is 5.97 Å². The maximum absolute atomic E-state index is 12.0. The molecular weight excluding hydrogens is 258 g/mol. The van der Waals surface area contributed by atoms with E-state index in [4.69, 9.17) is 4.74 Å². The van der Waals surface area contributed by atoms with Crippen LogP contribution in [0.4, 0.5) is 0 Å². The summed E-state index contributed by atoms with van der Waals surface area (Å²) in [5.74, 6) is 2.52. The first kappa shape index (κ1) is 16.8. The molecule has 0 heterocycles. The molecule has 4 heteroatoms. The molecule has 1 aliphatic carbocycles. The molecule has 1 fully saturated rings. The molecule has 0 radical (unpaired) electrons. The van der Waals surface area contributed by atoms with E-state index in [1.165, 1.54) is 6.42 Å². The lowest BCUT2D eigenvalue weighted by Crippen LogP contribution is -2.21. The Bertz CT molecular complexity index is 269. The smallest absolute Gasteiger partial charge is 0.309 e. The van der Waals surface area contributed by atoms with Crippen molar-refractivity contribution in [2.75, 3.05) is 25.4 Å². The summed E-state index contributed by atoms with van der Waals surface area (Å²) in [6, 6.07) is 0. The summed E-state index contributed by atoms with van der Waals surface area (Å²) in [7, 11) is 0. The molecule has 112 valence electrons. The number of ether oxygens (including phenoxy) is 1. The molecule has 1 rings (SSSR count). The zero-order valence-electron chi connectivity index (χ0n) is 12.9. The molecule has 1 saturated carbocycles. The van der Waals surface area contributed by atoms with Gasteiger partial charge in [0.15, 0.2) is 0 Å². The highest BCUT2D eigenvalue weighted by Gasteiger charge is 2.38. The maximum atomic E-state index is 12.0. The zero-order chi connectivity index (χ0) is 14.3. The van der Waals surface area contributed by atoms with Gasteiger partial charge in [-0.3, -0.25) is 9.10 Å². The minimum Gasteiger partial charge on any atom is -0.466 e. The van der Waals surface area contributed by atoms with Crippen molar-refractivity contribution >= 4 is 17.9 Å². The predicted molar refractivity (Wildman–Crippen MR) is 82.0 cm³/mol. The lowest BCUT2D eigenvalue weighted by Gasteiger charge is -2.19. The van der Waals surface area contributed by atoms with Gasteiger partial charge in [-0.1, -0.05) is 39.1 Å². The average molecular weight is 287 g/mol. The molecule has 3 unspecified atom stereocenters. The van der Waals surface area contributed by atoms with Crippen LogP contribution in [0.25, 0.3) is 0 Å². The number of rotatable bonds is 8. The van der Waals surface area contributed by atoms with Gasteiger partial charge in [0.25, 0.3) is 0 Å². The molecule has 0 bridgehead atoms. The van der Waals surface area contributed by atoms with Gasteiger partial charge in [0.05, 0.1) is 12.5 Å². The molecule has 1 aliphatic rings. The number of hydrogen-bond donors (Lipinski definition) is 0. The quantitative estimate of drug-likeness (QED) is 0.504. The molecule has 0 aliphatic heterocycles. The molecule has 19 heavy (non-hydrogen) atoms. The van der Waals surface area contributed by atoms with Crippen LogP contribution in [-0.4, -0.2) is 35.7 Å². The van der Waals surface area contributed by atoms with Crippen LogP contribution < -0.4 is 0 Å². The van der Waals surface area contributed by atoms with Gasteiger partial charge in [-0.15, -0.1) is 0 Å². The summed E-state index contributed by atoms with van der Waals surface area (Å²) in [5.41, 5.74) is 0. The van der Waals surface area contributed by atoms with Gasteiger partial charge in [0.1, 0.15) is 0 Å². The van der Waals surface area contributed by atoms with Crippen molar-refractivity contribution < 1.29 is 9.53 Å². The van der Waals surface area contributed by atoms with Crippen LogP contribution >= 0.6 is 11.9 Å². The number of carbonyl (C=O) groups is 1. The maximum Gasteiger partial charge on any atom is 0.309 e. The van der Waals surface area contributed by atoms with Gasteiger partial charge in [0, 0.05) is 18.8 Å². The molecule has 0 aromatic heterocycles. The highest BCUT2D eigenvalue weighted by molar-refractivity contribution is 7.97. The van der Waals surface area contributed by atoms with E-state index in [0.717, 1.165) is 31.7 Å². The number of carbonyl (C=O) groups excluding carboxylic acids is 1. The lowest BCUT2D eigenvalue weighted by molar-refractivity contribution is -0.149. The van der Waals surface area contributed by atoms with E-state index in [-0.39, 0.29) is 11.9 Å². The summed E-state index contributed by atoms with van der Waals surface area (Å²) >= 11 is 1.94. The van der Waals surface area contributed by atoms with Crippen molar-refractivity contribution in [3.05, 3.63) is 0 Å². The van der Waals surface area contributed by atoms with Crippen LogP contribution in [0.1, 0.15) is 47.0 Å². The third kappa shape index (κ3) is 4.99. The first-order valence-electron chi connectivity index (χ1n) is 7.70. The predicted octanol–water partition coefficient (Wildman–Crippen LogP) is 3.59. The summed E-state index contributed by atoms with van der Waals surface area (Å²) < 4.78 is 7.61. The standard InChI is InChI=1S/C15H29NO2S/c1-5-13-9-12(11-19-16(6-2)7-3)10-14(13)15(17)18-8-4/h12-14H,5-11H2,1-4H3. The number of hydrogen-bond acceptors (Lipinski definition) is 4. The van der Waals surface area contributed by atoms with Crippen LogP contribution in [0.2, 0.25) is 0 Å². The van der Waals surface area contributed by atoms with E-state index in [1.807, 2.05) is 18.9 Å². The van der Waals surface area contributed by atoms with Gasteiger partial charge in [0.2, 0.25) is 0 Å². The second kappa shape index (κ2) is 8.85. The van der Waals surface area contributed by atoms with Crippen molar-refractivity contribution in [1.29, 1.82) is 0 Å². The van der Waals surface area contributed by atoms with Crippen molar-refractivity contribution in [2.45, 2.75) is 47.0 Å². The minimum absolute atomic E-state index is 0.0321. The highest BCUT2D eigenvalue weighted by atomic mass is 32.2. The van der Waals surface area contributed by atoms with E-state index in [1.54, 1.807) is 0 Å². The molecule has 0 aromatic carbocycles. The first-order chi connectivity index (χ1) is 9.15. The minimum atomic E-state index is 0.0321. The summed E-state index contributed by atoms with van der Waals surface area (Å²) in [4.78, 5) is 12.0. The first-order valence-corrected chi connectivity index (χ1v) is 8.64. The van der Waals surface area contributed by atoms with E-state index in [2.05, 4.69) is 25.1 Å². The van der Waals surface area contributed by atoms with Crippen LogP contribution in [-0.2, 0) is 9.53 Å². The number of nitrogens with zero attached hydrogens (tertiary/aromatic N) is 1. The highest BCUT2D eigenvalue weighted by Crippen LogP contribution is 2.40. The van der Waals surface area contributed by atoms with Gasteiger partial charge in [-0.05, 0) is 31.6 Å². The third-order valence-corrected chi connectivity index (χ3v) is 5.61. The molecule has 0 spiro atoms. The normalized spacial score (nSPS) is 26.9. The van der Waals surface area contributed by atoms with Crippen molar-refractivity contribution in [1.82, 2.24) is 4.31 Å². The summed E-state index contributed by atoms with van der Waals surface area (Å²) in [5, 5.41) is 0. The molecular formula is C15H29NO2S. The second-order valence-electron chi connectivity index (χ2n) is 5.27. The monoisotopic (exact) mass is 287 g/mol. The average Bonchev–Trinajstić information content (AvgIpc) is 2.83. The largest absolute Gasteiger partial charge is 0.466 e. The summed E-state index contributed by atoms with van der Waals surface area (Å²) in [6.07, 6.45) is 3.30. The van der Waals surface area contributed by atoms with Crippen LogP contribution in [0.3, 0.4) is 0 Å². The molecule has 0 saturated heterocycles. The topological polar surface area (TPSA) is 29.5 Å². The fourth-order valence-corrected chi connectivity index (χ4v) is 4.04. The van der Waals surface area contributed by atoms with Crippen LogP contribution in [0.5, 0.6) is 0 Å². The lowest BCUT2D eigenvalue weighted by atomic mass is 9.94. The molecule has 0 amide bonds. The van der Waals surface area contributed by atoms with E-state index >= 15 is 0 Å². The SMILES string of the molecule is CCOC(=O)C1CC(CSN(CC)CC)CC1CC. The fraction of sp³-hybridized carbons (Fsp3) is 0.933. The molecule has 0 aromatic rings. The van der Waals surface area contributed by atoms with Crippen molar-refractivity contribution in [3.63, 3.8) is 0 Å². The van der Waals surface area contributed by atoms with Gasteiger partial charge in [-0.2, -0.15) is 0 Å². The zero-order valence-corrected chi connectivity index (χ0v) is 13.7. The summed E-state index contributed by atoms with van der Waals surface area (Å²) in [6.45, 7) is 11.2. The molecule has 3 atom stereocenters. The Labute approximate surface area is 122 Å².